The highest BCUT2D eigenvalue weighted by Gasteiger charge is 2.49. The Labute approximate surface area is 114 Å². The molecule has 2 aliphatic rings. The van der Waals surface area contributed by atoms with Crippen LogP contribution in [0.3, 0.4) is 0 Å². The summed E-state index contributed by atoms with van der Waals surface area (Å²) in [6.45, 7) is 4.29. The van der Waals surface area contributed by atoms with Gasteiger partial charge in [0.1, 0.15) is 0 Å². The van der Waals surface area contributed by atoms with Crippen LogP contribution in [0.1, 0.15) is 39.0 Å². The summed E-state index contributed by atoms with van der Waals surface area (Å²) in [5.41, 5.74) is -0.229. The highest BCUT2D eigenvalue weighted by atomic mass is 16.5. The van der Waals surface area contributed by atoms with Crippen molar-refractivity contribution in [2.75, 3.05) is 26.2 Å². The number of hydrogen-bond acceptors (Lipinski definition) is 4. The van der Waals surface area contributed by atoms with Crippen molar-refractivity contribution in [1.82, 2.24) is 10.6 Å². The van der Waals surface area contributed by atoms with Crippen molar-refractivity contribution < 1.29 is 14.3 Å². The van der Waals surface area contributed by atoms with Crippen LogP contribution in [0.25, 0.3) is 0 Å². The maximum absolute atomic E-state index is 12.4. The topological polar surface area (TPSA) is 67.4 Å². The third kappa shape index (κ3) is 3.08. The minimum atomic E-state index is -0.245. The van der Waals surface area contributed by atoms with Crippen molar-refractivity contribution in [3.05, 3.63) is 0 Å². The number of carbonyl (C=O) groups is 2. The molecule has 0 aromatic carbocycles. The van der Waals surface area contributed by atoms with E-state index in [9.17, 15) is 9.59 Å². The summed E-state index contributed by atoms with van der Waals surface area (Å²) in [6.07, 6.45) is 4.72. The van der Waals surface area contributed by atoms with Crippen molar-refractivity contribution >= 4 is 11.9 Å². The summed E-state index contributed by atoms with van der Waals surface area (Å²) in [6, 6.07) is 0. The van der Waals surface area contributed by atoms with Gasteiger partial charge in [0.2, 0.25) is 5.91 Å². The normalized spacial score (nSPS) is 29.6. The van der Waals surface area contributed by atoms with E-state index in [2.05, 4.69) is 10.6 Å². The quantitative estimate of drug-likeness (QED) is 0.725. The van der Waals surface area contributed by atoms with Gasteiger partial charge in [-0.05, 0) is 32.2 Å². The van der Waals surface area contributed by atoms with Gasteiger partial charge in [-0.2, -0.15) is 0 Å². The first-order valence-electron chi connectivity index (χ1n) is 7.33. The molecule has 1 saturated heterocycles. The molecule has 2 N–H and O–H groups in total. The zero-order valence-electron chi connectivity index (χ0n) is 11.7. The zero-order valence-corrected chi connectivity index (χ0v) is 11.7. The predicted molar refractivity (Wildman–Crippen MR) is 71.5 cm³/mol. The van der Waals surface area contributed by atoms with Crippen molar-refractivity contribution in [1.29, 1.82) is 0 Å². The van der Waals surface area contributed by atoms with Crippen molar-refractivity contribution in [2.24, 2.45) is 11.3 Å². The Kier molecular flexibility index (Phi) is 4.80. The van der Waals surface area contributed by atoms with E-state index in [-0.39, 0.29) is 23.7 Å². The van der Waals surface area contributed by atoms with E-state index in [0.717, 1.165) is 32.4 Å². The molecule has 2 fully saturated rings. The number of rotatable bonds is 5. The number of carbonyl (C=O) groups excluding carboxylic acids is 2. The second-order valence-electron chi connectivity index (χ2n) is 5.54. The summed E-state index contributed by atoms with van der Waals surface area (Å²) in [7, 11) is 0. The monoisotopic (exact) mass is 268 g/mol. The molecule has 5 nitrogen and oxygen atoms in total. The smallest absolute Gasteiger partial charge is 0.307 e. The minimum Gasteiger partial charge on any atom is -0.466 e. The van der Waals surface area contributed by atoms with E-state index in [0.29, 0.717) is 19.1 Å². The third-order valence-corrected chi connectivity index (χ3v) is 4.41. The number of ether oxygens (including phenoxy) is 1. The lowest BCUT2D eigenvalue weighted by atomic mass is 9.67. The summed E-state index contributed by atoms with van der Waals surface area (Å²) >= 11 is 0. The molecular formula is C14H24N2O3. The first kappa shape index (κ1) is 14.3. The SMILES string of the molecule is CCOC(=O)CCNC(=O)[C@@]12CCCC[C@H]1CNC2. The maximum atomic E-state index is 12.4. The number of amides is 1. The second-order valence-corrected chi connectivity index (χ2v) is 5.54. The van der Waals surface area contributed by atoms with Gasteiger partial charge < -0.3 is 15.4 Å². The first-order valence-corrected chi connectivity index (χ1v) is 7.33. The average molecular weight is 268 g/mol. The van der Waals surface area contributed by atoms with Crippen LogP contribution in [-0.2, 0) is 14.3 Å². The Balaban J connectivity index is 1.83. The van der Waals surface area contributed by atoms with E-state index < -0.39 is 0 Å². The maximum Gasteiger partial charge on any atom is 0.307 e. The molecule has 0 unspecified atom stereocenters. The van der Waals surface area contributed by atoms with Gasteiger partial charge in [-0.1, -0.05) is 12.8 Å². The molecule has 1 saturated carbocycles. The first-order chi connectivity index (χ1) is 9.19. The van der Waals surface area contributed by atoms with Crippen LogP contribution >= 0.6 is 0 Å². The van der Waals surface area contributed by atoms with Gasteiger partial charge in [0, 0.05) is 13.1 Å². The average Bonchev–Trinajstić information content (AvgIpc) is 2.84. The molecule has 1 heterocycles. The van der Waals surface area contributed by atoms with Crippen LogP contribution in [-0.4, -0.2) is 38.1 Å². The van der Waals surface area contributed by atoms with Crippen LogP contribution in [0.2, 0.25) is 0 Å². The standard InChI is InChI=1S/C14H24N2O3/c1-2-19-12(17)6-8-16-13(18)14-7-4-3-5-11(14)9-15-10-14/h11,15H,2-10H2,1H3,(H,16,18)/t11-,14+/m0/s1. The number of hydrogen-bond donors (Lipinski definition) is 2. The highest BCUT2D eigenvalue weighted by Crippen LogP contribution is 2.43. The summed E-state index contributed by atoms with van der Waals surface area (Å²) < 4.78 is 4.85. The van der Waals surface area contributed by atoms with Crippen molar-refractivity contribution in [3.63, 3.8) is 0 Å². The summed E-state index contributed by atoms with van der Waals surface area (Å²) in [4.78, 5) is 23.7. The lowest BCUT2D eigenvalue weighted by molar-refractivity contribution is -0.143. The fourth-order valence-corrected chi connectivity index (χ4v) is 3.38. The molecule has 0 aromatic rings. The van der Waals surface area contributed by atoms with Crippen LogP contribution in [0.5, 0.6) is 0 Å². The van der Waals surface area contributed by atoms with Gasteiger partial charge in [0.05, 0.1) is 18.4 Å². The van der Waals surface area contributed by atoms with Gasteiger partial charge in [0.15, 0.2) is 0 Å². The molecule has 2 atom stereocenters. The van der Waals surface area contributed by atoms with Crippen LogP contribution in [0.4, 0.5) is 0 Å². The van der Waals surface area contributed by atoms with Gasteiger partial charge in [-0.25, -0.2) is 0 Å². The van der Waals surface area contributed by atoms with Crippen LogP contribution in [0.15, 0.2) is 0 Å². The van der Waals surface area contributed by atoms with Gasteiger partial charge in [0.25, 0.3) is 0 Å². The van der Waals surface area contributed by atoms with E-state index in [4.69, 9.17) is 4.74 Å². The van der Waals surface area contributed by atoms with E-state index >= 15 is 0 Å². The third-order valence-electron chi connectivity index (χ3n) is 4.41. The molecule has 19 heavy (non-hydrogen) atoms. The Bertz CT molecular complexity index is 346. The predicted octanol–water partition coefficient (Wildman–Crippen LogP) is 0.836. The second kappa shape index (κ2) is 6.37. The van der Waals surface area contributed by atoms with Gasteiger partial charge in [-0.3, -0.25) is 9.59 Å². The lowest BCUT2D eigenvalue weighted by Gasteiger charge is -2.37. The fraction of sp³-hybridized carbons (Fsp3) is 0.857. The molecule has 0 spiro atoms. The molecule has 0 bridgehead atoms. The van der Waals surface area contributed by atoms with Gasteiger partial charge >= 0.3 is 5.97 Å². The van der Waals surface area contributed by atoms with E-state index in [1.54, 1.807) is 6.92 Å². The number of fused-ring (bicyclic) bond motifs is 1. The summed E-state index contributed by atoms with van der Waals surface area (Å²) in [5, 5.41) is 6.28. The summed E-state index contributed by atoms with van der Waals surface area (Å²) in [5.74, 6) is 0.334. The molecule has 1 amide bonds. The highest BCUT2D eigenvalue weighted by molar-refractivity contribution is 5.84. The molecule has 108 valence electrons. The van der Waals surface area contributed by atoms with Crippen molar-refractivity contribution in [3.8, 4) is 0 Å². The molecule has 2 rings (SSSR count). The Morgan fingerprint density at radius 2 is 2.26 bits per heavy atom. The Morgan fingerprint density at radius 3 is 3.05 bits per heavy atom. The van der Waals surface area contributed by atoms with Crippen molar-refractivity contribution in [2.45, 2.75) is 39.0 Å². The lowest BCUT2D eigenvalue weighted by Crippen LogP contribution is -2.48. The molecule has 5 heteroatoms. The molecular weight excluding hydrogens is 244 g/mol. The number of esters is 1. The van der Waals surface area contributed by atoms with E-state index in [1.807, 2.05) is 0 Å². The zero-order chi connectivity index (χ0) is 13.7. The van der Waals surface area contributed by atoms with Crippen LogP contribution < -0.4 is 10.6 Å². The molecule has 0 aromatic heterocycles. The van der Waals surface area contributed by atoms with Gasteiger partial charge in [-0.15, -0.1) is 0 Å². The fourth-order valence-electron chi connectivity index (χ4n) is 3.38. The van der Waals surface area contributed by atoms with Crippen LogP contribution in [0, 0.1) is 11.3 Å². The molecule has 1 aliphatic carbocycles. The Hall–Kier alpha value is -1.10. The molecule has 0 radical (unpaired) electrons. The minimum absolute atomic E-state index is 0.117. The Morgan fingerprint density at radius 1 is 1.42 bits per heavy atom. The molecule has 1 aliphatic heterocycles. The van der Waals surface area contributed by atoms with E-state index in [1.165, 1.54) is 6.42 Å². The largest absolute Gasteiger partial charge is 0.466 e. The number of nitrogens with one attached hydrogen (secondary N) is 2.